The largest absolute Gasteiger partial charge is 0.497 e. The van der Waals surface area contributed by atoms with Crippen LogP contribution in [-0.2, 0) is 0 Å². The Hall–Kier alpha value is -2.47. The molecule has 0 bridgehead atoms. The maximum atomic E-state index is 9.38. The number of ether oxygens (including phenoxy) is 1. The van der Waals surface area contributed by atoms with Gasteiger partial charge in [0.05, 0.1) is 13.2 Å². The van der Waals surface area contributed by atoms with E-state index in [-0.39, 0.29) is 12.0 Å². The molecule has 1 N–H and O–H groups in total. The van der Waals surface area contributed by atoms with Gasteiger partial charge in [0.2, 0.25) is 0 Å². The fraction of sp³-hybridized carbons (Fsp3) is 0.235. The van der Waals surface area contributed by atoms with Crippen molar-refractivity contribution in [1.29, 1.82) is 5.26 Å². The summed E-state index contributed by atoms with van der Waals surface area (Å²) < 4.78 is 5.12. The molecule has 0 aliphatic rings. The van der Waals surface area contributed by atoms with Crippen LogP contribution in [0.2, 0.25) is 0 Å². The van der Waals surface area contributed by atoms with E-state index in [2.05, 4.69) is 18.3 Å². The number of hydrogen-bond acceptors (Lipinski definition) is 3. The van der Waals surface area contributed by atoms with Crippen LogP contribution in [0.15, 0.2) is 54.6 Å². The highest BCUT2D eigenvalue weighted by Gasteiger charge is 2.18. The summed E-state index contributed by atoms with van der Waals surface area (Å²) >= 11 is 0. The quantitative estimate of drug-likeness (QED) is 0.895. The van der Waals surface area contributed by atoms with Gasteiger partial charge >= 0.3 is 0 Å². The second-order valence-electron chi connectivity index (χ2n) is 4.68. The predicted molar refractivity (Wildman–Crippen MR) is 80.9 cm³/mol. The maximum absolute atomic E-state index is 9.38. The lowest BCUT2D eigenvalue weighted by Gasteiger charge is -2.20. The summed E-state index contributed by atoms with van der Waals surface area (Å²) in [6, 6.07) is 19.7. The van der Waals surface area contributed by atoms with Gasteiger partial charge < -0.3 is 10.1 Å². The summed E-state index contributed by atoms with van der Waals surface area (Å²) in [6.07, 6.45) is 0. The number of rotatable bonds is 5. The molecule has 3 nitrogen and oxygen atoms in total. The summed E-state index contributed by atoms with van der Waals surface area (Å²) in [5.74, 6) is 0.920. The molecule has 0 heterocycles. The Labute approximate surface area is 119 Å². The molecule has 0 aliphatic heterocycles. The zero-order chi connectivity index (χ0) is 14.4. The lowest BCUT2D eigenvalue weighted by molar-refractivity contribution is 0.415. The number of nitrogens with zero attached hydrogens (tertiary/aromatic N) is 1. The van der Waals surface area contributed by atoms with Crippen molar-refractivity contribution in [3.8, 4) is 11.8 Å². The lowest BCUT2D eigenvalue weighted by atomic mass is 9.94. The van der Waals surface area contributed by atoms with Gasteiger partial charge in [-0.25, -0.2) is 0 Å². The number of nitrogens with one attached hydrogen (secondary N) is 1. The van der Waals surface area contributed by atoms with Crippen LogP contribution >= 0.6 is 0 Å². The fourth-order valence-electron chi connectivity index (χ4n) is 2.08. The van der Waals surface area contributed by atoms with E-state index in [9.17, 15) is 5.26 Å². The third kappa shape index (κ3) is 3.30. The zero-order valence-corrected chi connectivity index (χ0v) is 11.7. The van der Waals surface area contributed by atoms with Crippen LogP contribution in [0.4, 0.5) is 5.69 Å². The molecule has 0 amide bonds. The summed E-state index contributed by atoms with van der Waals surface area (Å²) in [7, 11) is 1.64. The number of hydrogen-bond donors (Lipinski definition) is 1. The molecule has 2 unspecified atom stereocenters. The fourth-order valence-corrected chi connectivity index (χ4v) is 2.08. The summed E-state index contributed by atoms with van der Waals surface area (Å²) in [5.41, 5.74) is 2.07. The number of nitriles is 1. The van der Waals surface area contributed by atoms with Gasteiger partial charge in [-0.15, -0.1) is 0 Å². The first-order chi connectivity index (χ1) is 9.74. The molecular weight excluding hydrogens is 248 g/mol. The highest BCUT2D eigenvalue weighted by molar-refractivity contribution is 5.49. The summed E-state index contributed by atoms with van der Waals surface area (Å²) in [5, 5.41) is 12.6. The van der Waals surface area contributed by atoms with Gasteiger partial charge in [0.1, 0.15) is 11.8 Å². The van der Waals surface area contributed by atoms with Crippen LogP contribution in [0.25, 0.3) is 0 Å². The summed E-state index contributed by atoms with van der Waals surface area (Å²) in [4.78, 5) is 0. The Morgan fingerprint density at radius 3 is 2.25 bits per heavy atom. The first-order valence-corrected chi connectivity index (χ1v) is 6.59. The molecule has 0 radical (unpaired) electrons. The van der Waals surface area contributed by atoms with Crippen molar-refractivity contribution < 1.29 is 4.74 Å². The van der Waals surface area contributed by atoms with Crippen LogP contribution in [0, 0.1) is 11.3 Å². The van der Waals surface area contributed by atoms with E-state index in [1.54, 1.807) is 7.11 Å². The number of anilines is 1. The molecule has 2 rings (SSSR count). The van der Waals surface area contributed by atoms with Crippen molar-refractivity contribution in [2.24, 2.45) is 0 Å². The molecule has 3 heteroatoms. The second kappa shape index (κ2) is 6.63. The van der Waals surface area contributed by atoms with Crippen molar-refractivity contribution in [2.45, 2.75) is 18.9 Å². The van der Waals surface area contributed by atoms with Crippen molar-refractivity contribution in [1.82, 2.24) is 0 Å². The van der Waals surface area contributed by atoms with Crippen LogP contribution in [0.5, 0.6) is 5.75 Å². The van der Waals surface area contributed by atoms with E-state index in [1.165, 1.54) is 0 Å². The van der Waals surface area contributed by atoms with E-state index in [1.807, 2.05) is 54.6 Å². The van der Waals surface area contributed by atoms with E-state index >= 15 is 0 Å². The van der Waals surface area contributed by atoms with E-state index in [0.717, 1.165) is 17.0 Å². The van der Waals surface area contributed by atoms with Crippen molar-refractivity contribution in [3.05, 3.63) is 60.2 Å². The normalized spacial score (nSPS) is 13.1. The van der Waals surface area contributed by atoms with Crippen LogP contribution in [-0.4, -0.2) is 13.2 Å². The van der Waals surface area contributed by atoms with Crippen molar-refractivity contribution in [3.63, 3.8) is 0 Å². The average Bonchev–Trinajstić information content (AvgIpc) is 2.53. The van der Waals surface area contributed by atoms with Crippen molar-refractivity contribution >= 4 is 5.69 Å². The Bertz CT molecular complexity index is 572. The minimum absolute atomic E-state index is 0.114. The van der Waals surface area contributed by atoms with Gasteiger partial charge in [-0.3, -0.25) is 0 Å². The van der Waals surface area contributed by atoms with Crippen LogP contribution in [0.1, 0.15) is 18.4 Å². The standard InChI is InChI=1S/C17H18N2O/c1-13(14-6-4-3-5-7-14)17(12-18)19-15-8-10-16(20-2)11-9-15/h3-11,13,17,19H,1-2H3. The SMILES string of the molecule is COc1ccc(NC(C#N)C(C)c2ccccc2)cc1. The van der Waals surface area contributed by atoms with Crippen molar-refractivity contribution in [2.75, 3.05) is 12.4 Å². The lowest BCUT2D eigenvalue weighted by Crippen LogP contribution is -2.24. The topological polar surface area (TPSA) is 45.0 Å². The predicted octanol–water partition coefficient (Wildman–Crippen LogP) is 3.80. The minimum atomic E-state index is -0.272. The molecular formula is C17H18N2O. The highest BCUT2D eigenvalue weighted by atomic mass is 16.5. The molecule has 2 atom stereocenters. The number of methoxy groups -OCH3 is 1. The number of benzene rings is 2. The first-order valence-electron chi connectivity index (χ1n) is 6.59. The first kappa shape index (κ1) is 14.0. The highest BCUT2D eigenvalue weighted by Crippen LogP contribution is 2.23. The Morgan fingerprint density at radius 2 is 1.70 bits per heavy atom. The summed E-state index contributed by atoms with van der Waals surface area (Å²) in [6.45, 7) is 2.06. The van der Waals surface area contributed by atoms with Gasteiger partial charge in [-0.1, -0.05) is 37.3 Å². The van der Waals surface area contributed by atoms with Crippen LogP contribution in [0.3, 0.4) is 0 Å². The zero-order valence-electron chi connectivity index (χ0n) is 11.7. The second-order valence-corrected chi connectivity index (χ2v) is 4.68. The van der Waals surface area contributed by atoms with Gasteiger partial charge in [-0.05, 0) is 29.8 Å². The Kier molecular flexibility index (Phi) is 4.62. The third-order valence-corrected chi connectivity index (χ3v) is 3.38. The minimum Gasteiger partial charge on any atom is -0.497 e. The van der Waals surface area contributed by atoms with Gasteiger partial charge in [0, 0.05) is 11.6 Å². The van der Waals surface area contributed by atoms with E-state index in [0.29, 0.717) is 0 Å². The molecule has 0 spiro atoms. The molecule has 20 heavy (non-hydrogen) atoms. The molecule has 0 saturated carbocycles. The Balaban J connectivity index is 2.10. The van der Waals surface area contributed by atoms with E-state index < -0.39 is 0 Å². The third-order valence-electron chi connectivity index (χ3n) is 3.38. The van der Waals surface area contributed by atoms with E-state index in [4.69, 9.17) is 4.74 Å². The molecule has 0 aromatic heterocycles. The monoisotopic (exact) mass is 266 g/mol. The van der Waals surface area contributed by atoms with Gasteiger partial charge in [0.25, 0.3) is 0 Å². The molecule has 0 aliphatic carbocycles. The molecule has 102 valence electrons. The maximum Gasteiger partial charge on any atom is 0.121 e. The molecule has 0 saturated heterocycles. The smallest absolute Gasteiger partial charge is 0.121 e. The molecule has 2 aromatic carbocycles. The molecule has 2 aromatic rings. The van der Waals surface area contributed by atoms with Gasteiger partial charge in [0.15, 0.2) is 0 Å². The van der Waals surface area contributed by atoms with Crippen LogP contribution < -0.4 is 10.1 Å². The van der Waals surface area contributed by atoms with Gasteiger partial charge in [-0.2, -0.15) is 5.26 Å². The Morgan fingerprint density at radius 1 is 1.05 bits per heavy atom. The average molecular weight is 266 g/mol. The molecule has 0 fully saturated rings.